The van der Waals surface area contributed by atoms with Gasteiger partial charge in [0.05, 0.1) is 23.4 Å². The van der Waals surface area contributed by atoms with Gasteiger partial charge in [0.25, 0.3) is 5.91 Å². The number of nitrogens with one attached hydrogen (secondary N) is 1. The molecular weight excluding hydrogens is 453 g/mol. The number of phenolic OH excluding ortho intramolecular Hbond substituents is 1. The Hall–Kier alpha value is -1.64. The number of carbonyl (C=O) groups is 1. The molecule has 1 amide bonds. The number of carbonyl (C=O) groups excluding carboxylic acids is 1. The molecule has 0 aliphatic carbocycles. The second-order valence-electron chi connectivity index (χ2n) is 4.19. The molecule has 2 N–H and O–H groups in total. The predicted octanol–water partition coefficient (Wildman–Crippen LogP) is 3.74. The smallest absolute Gasteiger partial charge is 0.274 e. The zero-order chi connectivity index (χ0) is 17.0. The zero-order valence-electron chi connectivity index (χ0n) is 11.7. The van der Waals surface area contributed by atoms with Crippen molar-refractivity contribution in [2.75, 3.05) is 7.11 Å². The Balaban J connectivity index is 2.20. The molecule has 9 heteroatoms. The van der Waals surface area contributed by atoms with Gasteiger partial charge in [-0.15, -0.1) is 0 Å². The molecule has 0 aliphatic rings. The van der Waals surface area contributed by atoms with Crippen LogP contribution in [-0.2, 0) is 0 Å². The number of nitrogens with zero attached hydrogens (tertiary/aromatic N) is 2. The van der Waals surface area contributed by atoms with Gasteiger partial charge in [0.15, 0.2) is 11.5 Å². The first-order valence-corrected chi connectivity index (χ1v) is 8.11. The third-order valence-corrected chi connectivity index (χ3v) is 5.23. The van der Waals surface area contributed by atoms with E-state index >= 15 is 0 Å². The maximum Gasteiger partial charge on any atom is 0.274 e. The molecule has 6 nitrogen and oxygen atoms in total. The van der Waals surface area contributed by atoms with Crippen LogP contribution in [0.15, 0.2) is 38.4 Å². The van der Waals surface area contributed by atoms with Gasteiger partial charge in [-0.05, 0) is 50.1 Å². The Labute approximate surface area is 153 Å². The highest BCUT2D eigenvalue weighted by atomic mass is 79.9. The van der Waals surface area contributed by atoms with Crippen LogP contribution in [0.4, 0.5) is 0 Å². The molecular formula is C14H10Br2ClN3O3. The number of halogens is 3. The second kappa shape index (κ2) is 7.76. The molecule has 0 spiro atoms. The molecule has 0 bridgehead atoms. The van der Waals surface area contributed by atoms with Crippen LogP contribution in [0.5, 0.6) is 11.5 Å². The minimum Gasteiger partial charge on any atom is -0.503 e. The Morgan fingerprint density at radius 3 is 2.87 bits per heavy atom. The standard InChI is InChI=1S/C14H10Br2ClN3O3/c1-23-9-5-7(10(15)11(16)12(9)21)6-19-20-14(22)8-3-2-4-18-13(8)17/h2-6,21H,1H3,(H,20,22). The quantitative estimate of drug-likeness (QED) is 0.411. The first kappa shape index (κ1) is 17.7. The first-order valence-electron chi connectivity index (χ1n) is 6.14. The van der Waals surface area contributed by atoms with E-state index in [4.69, 9.17) is 16.3 Å². The lowest BCUT2D eigenvalue weighted by Crippen LogP contribution is -2.18. The molecule has 0 fully saturated rings. The Morgan fingerprint density at radius 2 is 2.22 bits per heavy atom. The number of aromatic nitrogens is 1. The average Bonchev–Trinajstić information content (AvgIpc) is 2.55. The number of amides is 1. The third-order valence-electron chi connectivity index (χ3n) is 2.77. The van der Waals surface area contributed by atoms with Crippen molar-refractivity contribution in [2.45, 2.75) is 0 Å². The van der Waals surface area contributed by atoms with Crippen molar-refractivity contribution in [2.24, 2.45) is 5.10 Å². The van der Waals surface area contributed by atoms with Gasteiger partial charge >= 0.3 is 0 Å². The minimum absolute atomic E-state index is 0.0392. The van der Waals surface area contributed by atoms with E-state index in [0.717, 1.165) is 0 Å². The second-order valence-corrected chi connectivity index (χ2v) is 6.13. The number of hydrogen-bond acceptors (Lipinski definition) is 5. The fraction of sp³-hybridized carbons (Fsp3) is 0.0714. The number of hydrazone groups is 1. The molecule has 0 atom stereocenters. The summed E-state index contributed by atoms with van der Waals surface area (Å²) in [6.07, 6.45) is 2.89. The zero-order valence-corrected chi connectivity index (χ0v) is 15.6. The van der Waals surface area contributed by atoms with E-state index in [1.165, 1.54) is 25.6 Å². The van der Waals surface area contributed by atoms with Crippen molar-refractivity contribution >= 4 is 55.6 Å². The third kappa shape index (κ3) is 4.01. The summed E-state index contributed by atoms with van der Waals surface area (Å²) >= 11 is 12.4. The number of ether oxygens (including phenoxy) is 1. The summed E-state index contributed by atoms with van der Waals surface area (Å²) in [5.74, 6) is -0.258. The van der Waals surface area contributed by atoms with E-state index in [1.54, 1.807) is 12.1 Å². The number of methoxy groups -OCH3 is 1. The fourth-order valence-electron chi connectivity index (χ4n) is 1.64. The number of aromatic hydroxyl groups is 1. The van der Waals surface area contributed by atoms with Gasteiger partial charge in [-0.3, -0.25) is 4.79 Å². The maximum absolute atomic E-state index is 11.9. The van der Waals surface area contributed by atoms with Crippen LogP contribution in [0, 0.1) is 0 Å². The molecule has 2 aromatic rings. The minimum atomic E-state index is -0.486. The van der Waals surface area contributed by atoms with Crippen LogP contribution < -0.4 is 10.2 Å². The Morgan fingerprint density at radius 1 is 1.48 bits per heavy atom. The summed E-state index contributed by atoms with van der Waals surface area (Å²) in [5.41, 5.74) is 3.16. The van der Waals surface area contributed by atoms with Crippen molar-refractivity contribution in [3.05, 3.63) is 49.6 Å². The van der Waals surface area contributed by atoms with Crippen molar-refractivity contribution in [1.29, 1.82) is 0 Å². The van der Waals surface area contributed by atoms with Gasteiger partial charge < -0.3 is 9.84 Å². The highest BCUT2D eigenvalue weighted by Gasteiger charge is 2.14. The molecule has 0 unspecified atom stereocenters. The number of rotatable bonds is 4. The van der Waals surface area contributed by atoms with E-state index < -0.39 is 5.91 Å². The molecule has 0 saturated heterocycles. The number of benzene rings is 1. The van der Waals surface area contributed by atoms with Crippen LogP contribution in [0.25, 0.3) is 0 Å². The van der Waals surface area contributed by atoms with E-state index in [1.807, 2.05) is 0 Å². The van der Waals surface area contributed by atoms with Gasteiger partial charge in [0.1, 0.15) is 5.15 Å². The highest BCUT2D eigenvalue weighted by molar-refractivity contribution is 9.13. The van der Waals surface area contributed by atoms with E-state index in [0.29, 0.717) is 14.5 Å². The number of phenols is 1. The van der Waals surface area contributed by atoms with Crippen LogP contribution in [-0.4, -0.2) is 29.3 Å². The van der Waals surface area contributed by atoms with Gasteiger partial charge in [-0.25, -0.2) is 10.4 Å². The van der Waals surface area contributed by atoms with Crippen LogP contribution in [0.3, 0.4) is 0 Å². The Kier molecular flexibility index (Phi) is 5.97. The van der Waals surface area contributed by atoms with Crippen molar-refractivity contribution in [3.63, 3.8) is 0 Å². The van der Waals surface area contributed by atoms with Crippen LogP contribution in [0.2, 0.25) is 5.15 Å². The summed E-state index contributed by atoms with van der Waals surface area (Å²) in [6.45, 7) is 0. The predicted molar refractivity (Wildman–Crippen MR) is 94.4 cm³/mol. The van der Waals surface area contributed by atoms with Gasteiger partial charge in [0, 0.05) is 16.2 Å². The Bertz CT molecular complexity index is 784. The van der Waals surface area contributed by atoms with E-state index in [-0.39, 0.29) is 22.2 Å². The number of hydrogen-bond donors (Lipinski definition) is 2. The van der Waals surface area contributed by atoms with Gasteiger partial charge in [-0.2, -0.15) is 5.10 Å². The van der Waals surface area contributed by atoms with Gasteiger partial charge in [0.2, 0.25) is 0 Å². The van der Waals surface area contributed by atoms with Gasteiger partial charge in [-0.1, -0.05) is 11.6 Å². The summed E-state index contributed by atoms with van der Waals surface area (Å²) in [7, 11) is 1.43. The lowest BCUT2D eigenvalue weighted by Gasteiger charge is -2.09. The first-order chi connectivity index (χ1) is 11.0. The molecule has 0 aliphatic heterocycles. The monoisotopic (exact) mass is 461 g/mol. The van der Waals surface area contributed by atoms with Crippen molar-refractivity contribution in [3.8, 4) is 11.5 Å². The molecule has 0 radical (unpaired) electrons. The van der Waals surface area contributed by atoms with E-state index in [2.05, 4.69) is 47.4 Å². The van der Waals surface area contributed by atoms with E-state index in [9.17, 15) is 9.90 Å². The highest BCUT2D eigenvalue weighted by Crippen LogP contribution is 2.41. The molecule has 2 rings (SSSR count). The lowest BCUT2D eigenvalue weighted by atomic mass is 10.2. The van der Waals surface area contributed by atoms with Crippen molar-refractivity contribution < 1.29 is 14.6 Å². The van der Waals surface area contributed by atoms with Crippen molar-refractivity contribution in [1.82, 2.24) is 10.4 Å². The SMILES string of the molecule is COc1cc(C=NNC(=O)c2cccnc2Cl)c(Br)c(Br)c1O. The summed E-state index contributed by atoms with van der Waals surface area (Å²) in [6, 6.07) is 4.70. The van der Waals surface area contributed by atoms with Crippen LogP contribution in [0.1, 0.15) is 15.9 Å². The molecule has 0 saturated carbocycles. The lowest BCUT2D eigenvalue weighted by molar-refractivity contribution is 0.0955. The maximum atomic E-state index is 11.9. The topological polar surface area (TPSA) is 83.8 Å². The summed E-state index contributed by atoms with van der Waals surface area (Å²) in [5, 5.41) is 13.8. The normalized spacial score (nSPS) is 10.8. The number of pyridine rings is 1. The molecule has 23 heavy (non-hydrogen) atoms. The molecule has 120 valence electrons. The largest absolute Gasteiger partial charge is 0.503 e. The average molecular weight is 464 g/mol. The molecule has 1 aromatic carbocycles. The summed E-state index contributed by atoms with van der Waals surface area (Å²) < 4.78 is 6.04. The summed E-state index contributed by atoms with van der Waals surface area (Å²) in [4.78, 5) is 15.8. The fourth-order valence-corrected chi connectivity index (χ4v) is 2.67. The van der Waals surface area contributed by atoms with Crippen LogP contribution >= 0.6 is 43.5 Å². The molecule has 1 aromatic heterocycles. The molecule has 1 heterocycles.